The summed E-state index contributed by atoms with van der Waals surface area (Å²) in [5.74, 6) is -1.74. The van der Waals surface area contributed by atoms with Crippen LogP contribution in [0.3, 0.4) is 0 Å². The zero-order valence-corrected chi connectivity index (χ0v) is 20.2. The fourth-order valence-electron chi connectivity index (χ4n) is 2.95. The third kappa shape index (κ3) is 7.78. The van der Waals surface area contributed by atoms with Gasteiger partial charge in [0.05, 0.1) is 29.0 Å². The molecule has 8 nitrogen and oxygen atoms in total. The van der Waals surface area contributed by atoms with E-state index >= 15 is 0 Å². The molecule has 2 aromatic carbocycles. The molecular formula is C23H24BCl2N3O5. The van der Waals surface area contributed by atoms with Gasteiger partial charge in [0.2, 0.25) is 5.91 Å². The van der Waals surface area contributed by atoms with E-state index < -0.39 is 24.9 Å². The molecule has 0 aliphatic heterocycles. The lowest BCUT2D eigenvalue weighted by molar-refractivity contribution is -0.124. The van der Waals surface area contributed by atoms with E-state index in [4.69, 9.17) is 27.9 Å². The fraction of sp³-hybridized carbons (Fsp3) is 0.261. The van der Waals surface area contributed by atoms with E-state index in [9.17, 15) is 24.9 Å². The molecule has 0 heterocycles. The number of ether oxygens (including phenoxy) is 1. The van der Waals surface area contributed by atoms with Gasteiger partial charge in [-0.15, -0.1) is 0 Å². The van der Waals surface area contributed by atoms with Crippen LogP contribution in [0.15, 0.2) is 48.0 Å². The van der Waals surface area contributed by atoms with Crippen molar-refractivity contribution in [2.75, 3.05) is 20.7 Å². The van der Waals surface area contributed by atoms with Gasteiger partial charge in [-0.2, -0.15) is 5.26 Å². The highest BCUT2D eigenvalue weighted by Crippen LogP contribution is 2.36. The van der Waals surface area contributed by atoms with Crippen LogP contribution in [0.5, 0.6) is 5.75 Å². The largest absolute Gasteiger partial charge is 0.490 e. The van der Waals surface area contributed by atoms with Gasteiger partial charge in [-0.05, 0) is 29.7 Å². The number of rotatable bonds is 10. The van der Waals surface area contributed by atoms with E-state index in [1.807, 2.05) is 36.4 Å². The van der Waals surface area contributed by atoms with Crippen molar-refractivity contribution in [2.45, 2.75) is 18.8 Å². The van der Waals surface area contributed by atoms with Gasteiger partial charge in [0.15, 0.2) is 5.75 Å². The maximum absolute atomic E-state index is 12.3. The van der Waals surface area contributed by atoms with Gasteiger partial charge >= 0.3 is 7.12 Å². The van der Waals surface area contributed by atoms with Gasteiger partial charge in [-0.1, -0.05) is 59.6 Å². The van der Waals surface area contributed by atoms with Crippen molar-refractivity contribution in [3.8, 4) is 11.8 Å². The fourth-order valence-corrected chi connectivity index (χ4v) is 3.49. The van der Waals surface area contributed by atoms with Crippen molar-refractivity contribution in [1.82, 2.24) is 10.2 Å². The van der Waals surface area contributed by atoms with Crippen LogP contribution in [0.1, 0.15) is 17.5 Å². The van der Waals surface area contributed by atoms with Crippen LogP contribution in [0.25, 0.3) is 6.08 Å². The summed E-state index contributed by atoms with van der Waals surface area (Å²) in [7, 11) is 1.31. The molecule has 34 heavy (non-hydrogen) atoms. The van der Waals surface area contributed by atoms with E-state index in [-0.39, 0.29) is 40.8 Å². The number of hydrogen-bond donors (Lipinski definition) is 3. The molecule has 0 aromatic heterocycles. The average Bonchev–Trinajstić information content (AvgIpc) is 2.80. The minimum Gasteiger partial charge on any atom is -0.490 e. The van der Waals surface area contributed by atoms with Crippen LogP contribution in [-0.4, -0.2) is 60.5 Å². The highest BCUT2D eigenvalue weighted by atomic mass is 35.5. The average molecular weight is 504 g/mol. The predicted octanol–water partition coefficient (Wildman–Crippen LogP) is 2.50. The molecule has 0 saturated carbocycles. The summed E-state index contributed by atoms with van der Waals surface area (Å²) in [6.07, 6.45) is 1.47. The zero-order chi connectivity index (χ0) is 25.3. The van der Waals surface area contributed by atoms with Gasteiger partial charge in [-0.25, -0.2) is 0 Å². The molecule has 0 aliphatic rings. The Morgan fingerprint density at radius 2 is 1.88 bits per heavy atom. The maximum atomic E-state index is 12.3. The summed E-state index contributed by atoms with van der Waals surface area (Å²) >= 11 is 12.6. The maximum Gasteiger partial charge on any atom is 0.475 e. The summed E-state index contributed by atoms with van der Waals surface area (Å²) in [5, 5.41) is 31.4. The van der Waals surface area contributed by atoms with Crippen LogP contribution < -0.4 is 10.1 Å². The number of nitrogens with zero attached hydrogens (tertiary/aromatic N) is 2. The number of nitriles is 1. The van der Waals surface area contributed by atoms with E-state index in [0.717, 1.165) is 5.56 Å². The molecule has 3 N–H and O–H groups in total. The van der Waals surface area contributed by atoms with Crippen molar-refractivity contribution in [1.29, 1.82) is 5.26 Å². The van der Waals surface area contributed by atoms with Crippen molar-refractivity contribution < 1.29 is 24.4 Å². The number of nitrogens with one attached hydrogen (secondary N) is 1. The topological polar surface area (TPSA) is 123 Å². The second-order valence-corrected chi connectivity index (χ2v) is 8.31. The van der Waals surface area contributed by atoms with Crippen molar-refractivity contribution in [3.63, 3.8) is 0 Å². The van der Waals surface area contributed by atoms with Crippen LogP contribution in [0.2, 0.25) is 10.0 Å². The zero-order valence-electron chi connectivity index (χ0n) is 18.7. The quantitative estimate of drug-likeness (QED) is 0.260. The normalized spacial score (nSPS) is 11.9. The first-order valence-electron chi connectivity index (χ1n) is 10.3. The molecule has 11 heteroatoms. The minimum absolute atomic E-state index is 0.0833. The molecule has 0 saturated heterocycles. The molecule has 2 amide bonds. The standard InChI is InChI=1S/C23H24BCl2N3O5/c1-29(2)23(31)17(14-27)13-16-8-9-18(25)22(21(16)26)34-11-10-20(30)28-19(24(32)33)12-15-6-4-3-5-7-15/h3-9,13,19,32-33H,10-12H2,1-2H3,(H,28,30)/b17-13+. The van der Waals surface area contributed by atoms with Crippen LogP contribution in [-0.2, 0) is 16.0 Å². The van der Waals surface area contributed by atoms with Gasteiger partial charge in [-0.3, -0.25) is 9.59 Å². The van der Waals surface area contributed by atoms with Gasteiger partial charge in [0.1, 0.15) is 11.6 Å². The number of carbonyl (C=O) groups is 2. The summed E-state index contributed by atoms with van der Waals surface area (Å²) in [4.78, 5) is 25.7. The smallest absolute Gasteiger partial charge is 0.475 e. The number of halogens is 2. The van der Waals surface area contributed by atoms with Crippen molar-refractivity contribution in [2.24, 2.45) is 0 Å². The Balaban J connectivity index is 2.05. The summed E-state index contributed by atoms with van der Waals surface area (Å²) < 4.78 is 5.61. The summed E-state index contributed by atoms with van der Waals surface area (Å²) in [5.41, 5.74) is 1.07. The highest BCUT2D eigenvalue weighted by molar-refractivity contribution is 6.43. The number of amides is 2. The Kier molecular flexibility index (Phi) is 10.4. The second-order valence-electron chi connectivity index (χ2n) is 7.52. The number of hydrogen-bond acceptors (Lipinski definition) is 6. The van der Waals surface area contributed by atoms with E-state index in [0.29, 0.717) is 5.56 Å². The van der Waals surface area contributed by atoms with Gasteiger partial charge in [0, 0.05) is 14.1 Å². The molecule has 2 aromatic rings. The SMILES string of the molecule is CN(C)C(=O)/C(C#N)=C/c1ccc(Cl)c(OCCC(=O)NC(Cc2ccccc2)B(O)O)c1Cl. The molecule has 0 aliphatic carbocycles. The van der Waals surface area contributed by atoms with Crippen LogP contribution >= 0.6 is 23.2 Å². The molecule has 178 valence electrons. The molecule has 1 atom stereocenters. The molecule has 0 fully saturated rings. The molecule has 0 radical (unpaired) electrons. The Hall–Kier alpha value is -3.03. The Labute approximate surface area is 208 Å². The molecule has 1 unspecified atom stereocenters. The number of benzene rings is 2. The monoisotopic (exact) mass is 503 g/mol. The summed E-state index contributed by atoms with van der Waals surface area (Å²) in [6.45, 7) is -0.0975. The Bertz CT molecular complexity index is 1090. The highest BCUT2D eigenvalue weighted by Gasteiger charge is 2.25. The van der Waals surface area contributed by atoms with Gasteiger partial charge < -0.3 is 25.0 Å². The van der Waals surface area contributed by atoms with Crippen LogP contribution in [0, 0.1) is 11.3 Å². The molecule has 0 bridgehead atoms. The Morgan fingerprint density at radius 3 is 2.47 bits per heavy atom. The third-order valence-corrected chi connectivity index (χ3v) is 5.40. The van der Waals surface area contributed by atoms with E-state index in [1.165, 1.54) is 31.1 Å². The summed E-state index contributed by atoms with van der Waals surface area (Å²) in [6, 6.07) is 14.0. The molecule has 2 rings (SSSR count). The van der Waals surface area contributed by atoms with E-state index in [1.54, 1.807) is 6.07 Å². The van der Waals surface area contributed by atoms with Crippen molar-refractivity contribution in [3.05, 3.63) is 69.2 Å². The number of carbonyl (C=O) groups excluding carboxylic acids is 2. The lowest BCUT2D eigenvalue weighted by Gasteiger charge is -2.18. The van der Waals surface area contributed by atoms with Crippen LogP contribution in [0.4, 0.5) is 0 Å². The molecule has 0 spiro atoms. The molecular weight excluding hydrogens is 480 g/mol. The first-order chi connectivity index (χ1) is 16.1. The second kappa shape index (κ2) is 13.0. The first-order valence-corrected chi connectivity index (χ1v) is 11.0. The minimum atomic E-state index is -1.74. The predicted molar refractivity (Wildman–Crippen MR) is 131 cm³/mol. The lowest BCUT2D eigenvalue weighted by Crippen LogP contribution is -2.48. The third-order valence-electron chi connectivity index (χ3n) is 4.72. The van der Waals surface area contributed by atoms with Gasteiger partial charge in [0.25, 0.3) is 5.91 Å². The number of likely N-dealkylation sites (N-methyl/N-ethyl adjacent to an activating group) is 1. The first kappa shape index (κ1) is 27.2. The Morgan fingerprint density at radius 1 is 1.21 bits per heavy atom. The van der Waals surface area contributed by atoms with Crippen molar-refractivity contribution >= 4 is 48.2 Å². The lowest BCUT2D eigenvalue weighted by atomic mass is 9.76. The van der Waals surface area contributed by atoms with E-state index in [2.05, 4.69) is 5.32 Å².